The maximum atomic E-state index is 12.9. The lowest BCUT2D eigenvalue weighted by molar-refractivity contribution is 0.0880. The smallest absolute Gasteiger partial charge is 0.259 e. The first kappa shape index (κ1) is 23.2. The summed E-state index contributed by atoms with van der Waals surface area (Å²) >= 11 is 0. The summed E-state index contributed by atoms with van der Waals surface area (Å²) < 4.78 is 39.0. The lowest BCUT2D eigenvalue weighted by Gasteiger charge is -2.27. The normalized spacial score (nSPS) is 14.5. The molecule has 3 N–H and O–H groups in total. The van der Waals surface area contributed by atoms with Crippen molar-refractivity contribution in [3.05, 3.63) is 83.6 Å². The van der Waals surface area contributed by atoms with Gasteiger partial charge in [-0.1, -0.05) is 30.3 Å². The van der Waals surface area contributed by atoms with E-state index < -0.39 is 15.6 Å². The van der Waals surface area contributed by atoms with E-state index in [1.54, 1.807) is 42.5 Å². The Kier molecular flexibility index (Phi) is 6.25. The number of hydrogen-bond donors (Lipinski definition) is 2. The Hall–Kier alpha value is -3.92. The van der Waals surface area contributed by atoms with Crippen LogP contribution in [0.3, 0.4) is 0 Å². The number of amidine groups is 1. The van der Waals surface area contributed by atoms with E-state index in [0.29, 0.717) is 34.1 Å². The second-order valence-corrected chi connectivity index (χ2v) is 10.1. The van der Waals surface area contributed by atoms with E-state index in [9.17, 15) is 13.2 Å². The van der Waals surface area contributed by atoms with Crippen molar-refractivity contribution in [2.45, 2.75) is 25.1 Å². The third-order valence-corrected chi connectivity index (χ3v) is 6.10. The second kappa shape index (κ2) is 9.14. The van der Waals surface area contributed by atoms with E-state index in [4.69, 9.17) is 15.2 Å². The quantitative estimate of drug-likeness (QED) is 0.531. The minimum Gasteiger partial charge on any atom is -0.490 e. The number of nitrogens with one attached hydrogen (secondary N) is 1. The highest BCUT2D eigenvalue weighted by Crippen LogP contribution is 2.28. The molecule has 4 rings (SSSR count). The summed E-state index contributed by atoms with van der Waals surface area (Å²) in [6, 6.07) is 17.4. The summed E-state index contributed by atoms with van der Waals surface area (Å²) in [5.41, 5.74) is 6.48. The Bertz CT molecular complexity index is 1350. The molecule has 0 spiro atoms. The number of aromatic nitrogens is 1. The highest BCUT2D eigenvalue weighted by molar-refractivity contribution is 7.89. The van der Waals surface area contributed by atoms with Crippen molar-refractivity contribution in [3.8, 4) is 17.4 Å². The van der Waals surface area contributed by atoms with Gasteiger partial charge in [0.25, 0.3) is 15.9 Å². The molecule has 0 bridgehead atoms. The van der Waals surface area contributed by atoms with Gasteiger partial charge in [-0.3, -0.25) is 4.79 Å². The van der Waals surface area contributed by atoms with Crippen LogP contribution in [0.5, 0.6) is 17.4 Å². The molecule has 1 aromatic heterocycles. The van der Waals surface area contributed by atoms with Gasteiger partial charge in [-0.15, -0.1) is 4.40 Å². The van der Waals surface area contributed by atoms with E-state index in [0.717, 1.165) is 0 Å². The highest BCUT2D eigenvalue weighted by atomic mass is 32.2. The van der Waals surface area contributed by atoms with Crippen LogP contribution in [-0.4, -0.2) is 37.3 Å². The van der Waals surface area contributed by atoms with Crippen molar-refractivity contribution < 1.29 is 22.7 Å². The monoisotopic (exact) mass is 480 g/mol. The van der Waals surface area contributed by atoms with Crippen molar-refractivity contribution in [2.75, 3.05) is 6.61 Å². The van der Waals surface area contributed by atoms with Crippen molar-refractivity contribution >= 4 is 21.8 Å². The third-order valence-electron chi connectivity index (χ3n) is 4.95. The average Bonchev–Trinajstić information content (AvgIpc) is 2.77. The molecule has 2 heterocycles. The molecule has 3 aromatic rings. The van der Waals surface area contributed by atoms with Crippen molar-refractivity contribution in [3.63, 3.8) is 0 Å². The van der Waals surface area contributed by atoms with E-state index in [-0.39, 0.29) is 24.1 Å². The van der Waals surface area contributed by atoms with E-state index in [2.05, 4.69) is 14.7 Å². The van der Waals surface area contributed by atoms with Crippen LogP contribution >= 0.6 is 0 Å². The van der Waals surface area contributed by atoms with Crippen LogP contribution in [-0.2, 0) is 15.8 Å². The predicted octanol–water partition coefficient (Wildman–Crippen LogP) is 3.01. The molecule has 10 heteroatoms. The lowest BCUT2D eigenvalue weighted by Crippen LogP contribution is -2.48. The largest absolute Gasteiger partial charge is 0.490 e. The van der Waals surface area contributed by atoms with Crippen molar-refractivity contribution in [2.24, 2.45) is 10.1 Å². The van der Waals surface area contributed by atoms with E-state index in [1.165, 1.54) is 6.20 Å². The fraction of sp³-hybridized carbons (Fsp3) is 0.208. The summed E-state index contributed by atoms with van der Waals surface area (Å²) in [6.45, 7) is 3.73. The number of nitrogens with zero attached hydrogens (tertiary/aromatic N) is 2. The number of ether oxygens (including phenoxy) is 2. The zero-order chi connectivity index (χ0) is 24.3. The first-order valence-electron chi connectivity index (χ1n) is 10.5. The fourth-order valence-electron chi connectivity index (χ4n) is 3.42. The summed E-state index contributed by atoms with van der Waals surface area (Å²) in [5.74, 6) is 0.642. The van der Waals surface area contributed by atoms with Gasteiger partial charge in [-0.2, -0.15) is 0 Å². The molecule has 0 radical (unpaired) electrons. The first-order valence-corrected chi connectivity index (χ1v) is 12.1. The average molecular weight is 481 g/mol. The Morgan fingerprint density at radius 2 is 1.88 bits per heavy atom. The van der Waals surface area contributed by atoms with Gasteiger partial charge in [0.15, 0.2) is 0 Å². The molecule has 1 aliphatic rings. The van der Waals surface area contributed by atoms with Gasteiger partial charge >= 0.3 is 0 Å². The number of fused-ring (bicyclic) bond motifs is 1. The van der Waals surface area contributed by atoms with Crippen LogP contribution in [0.2, 0.25) is 0 Å². The van der Waals surface area contributed by atoms with Gasteiger partial charge in [-0.25, -0.2) is 13.4 Å². The van der Waals surface area contributed by atoms with Crippen LogP contribution in [0.4, 0.5) is 0 Å². The Labute approximate surface area is 197 Å². The predicted molar refractivity (Wildman–Crippen MR) is 128 cm³/mol. The minimum atomic E-state index is -3.64. The van der Waals surface area contributed by atoms with Crippen LogP contribution < -0.4 is 20.5 Å². The zero-order valence-electron chi connectivity index (χ0n) is 18.7. The van der Waals surface area contributed by atoms with Gasteiger partial charge in [0.1, 0.15) is 23.9 Å². The number of benzene rings is 2. The molecule has 0 aliphatic carbocycles. The van der Waals surface area contributed by atoms with Gasteiger partial charge in [0.05, 0.1) is 16.9 Å². The van der Waals surface area contributed by atoms with Gasteiger partial charge in [0.2, 0.25) is 5.88 Å². The third kappa shape index (κ3) is 5.52. The molecular formula is C24H24N4O5S. The maximum Gasteiger partial charge on any atom is 0.259 e. The molecular weight excluding hydrogens is 456 g/mol. The van der Waals surface area contributed by atoms with Crippen molar-refractivity contribution in [1.82, 2.24) is 10.3 Å². The number of carbonyl (C=O) groups is 1. The van der Waals surface area contributed by atoms with Gasteiger partial charge < -0.3 is 20.5 Å². The van der Waals surface area contributed by atoms with E-state index in [1.807, 2.05) is 32.0 Å². The van der Waals surface area contributed by atoms with Crippen LogP contribution in [0, 0.1) is 0 Å². The molecule has 0 unspecified atom stereocenters. The molecule has 176 valence electrons. The fourth-order valence-corrected chi connectivity index (χ4v) is 4.51. The molecule has 0 fully saturated rings. The Morgan fingerprint density at radius 3 is 2.65 bits per heavy atom. The first-order chi connectivity index (χ1) is 16.1. The van der Waals surface area contributed by atoms with Gasteiger partial charge in [0, 0.05) is 17.8 Å². The number of carbonyl (C=O) groups excluding carboxylic acids is 1. The molecule has 9 nitrogen and oxygen atoms in total. The van der Waals surface area contributed by atoms with Crippen molar-refractivity contribution in [1.29, 1.82) is 0 Å². The highest BCUT2D eigenvalue weighted by Gasteiger charge is 2.27. The molecule has 2 aromatic carbocycles. The molecule has 0 saturated carbocycles. The van der Waals surface area contributed by atoms with Gasteiger partial charge in [-0.05, 0) is 43.7 Å². The second-order valence-electron chi connectivity index (χ2n) is 8.42. The van der Waals surface area contributed by atoms with Crippen LogP contribution in [0.15, 0.2) is 71.3 Å². The van der Waals surface area contributed by atoms with Crippen LogP contribution in [0.25, 0.3) is 0 Å². The number of amides is 1. The Morgan fingerprint density at radius 1 is 1.12 bits per heavy atom. The Balaban J connectivity index is 1.44. The number of nitrogens with two attached hydrogens (primary N) is 1. The summed E-state index contributed by atoms with van der Waals surface area (Å²) in [6.07, 6.45) is 1.50. The molecule has 1 aliphatic heterocycles. The number of pyridine rings is 1. The lowest BCUT2D eigenvalue weighted by atomic mass is 10.0. The molecule has 1 amide bonds. The minimum absolute atomic E-state index is 0.105. The number of hydrogen-bond acceptors (Lipinski definition) is 7. The number of sulfonamides is 1. The molecule has 0 atom stereocenters. The maximum absolute atomic E-state index is 12.9. The molecule has 0 saturated heterocycles. The SMILES string of the molecule is CC(C)(COc1cccc2c1C(N)=NS(=O)(=O)C2)NC(=O)c1ccnc(Oc2ccccc2)c1. The summed E-state index contributed by atoms with van der Waals surface area (Å²) in [5, 5.41) is 2.93. The van der Waals surface area contributed by atoms with E-state index >= 15 is 0 Å². The van der Waals surface area contributed by atoms with Crippen LogP contribution in [0.1, 0.15) is 35.3 Å². The standard InChI is InChI=1S/C24H24N4O5S/c1-24(2,15-32-19-10-6-7-17-14-34(30,31)28-22(25)21(17)19)27-23(29)16-11-12-26-20(13-16)33-18-8-4-3-5-9-18/h3-13H,14-15H2,1-2H3,(H2,25,28)(H,27,29). The number of rotatable bonds is 7. The summed E-state index contributed by atoms with van der Waals surface area (Å²) in [4.78, 5) is 17.0. The number of para-hydroxylation sites is 1. The zero-order valence-corrected chi connectivity index (χ0v) is 19.5. The molecule has 34 heavy (non-hydrogen) atoms. The topological polar surface area (TPSA) is 133 Å². The summed E-state index contributed by atoms with van der Waals surface area (Å²) in [7, 11) is -3.64.